The van der Waals surface area contributed by atoms with Gasteiger partial charge in [-0.25, -0.2) is 0 Å². The Morgan fingerprint density at radius 2 is 1.96 bits per heavy atom. The summed E-state index contributed by atoms with van der Waals surface area (Å²) in [5, 5.41) is 2.91. The number of nitrogens with zero attached hydrogens (tertiary/aromatic N) is 1. The molecule has 0 radical (unpaired) electrons. The predicted octanol–water partition coefficient (Wildman–Crippen LogP) is 2.43. The molecular formula is C22H26N2O3. The first-order chi connectivity index (χ1) is 13.1. The Morgan fingerprint density at radius 1 is 1.19 bits per heavy atom. The van der Waals surface area contributed by atoms with E-state index in [2.05, 4.69) is 60.8 Å². The van der Waals surface area contributed by atoms with Gasteiger partial charge >= 0.3 is 0 Å². The average molecular weight is 366 g/mol. The first-order valence-electron chi connectivity index (χ1n) is 9.27. The van der Waals surface area contributed by atoms with E-state index in [0.717, 1.165) is 11.1 Å². The van der Waals surface area contributed by atoms with E-state index in [0.29, 0.717) is 26.1 Å². The zero-order chi connectivity index (χ0) is 19.2. The fourth-order valence-corrected chi connectivity index (χ4v) is 3.44. The van der Waals surface area contributed by atoms with Crippen LogP contribution < -0.4 is 5.32 Å². The molecule has 5 heteroatoms. The van der Waals surface area contributed by atoms with Crippen molar-refractivity contribution < 1.29 is 14.3 Å². The van der Waals surface area contributed by atoms with E-state index in [1.54, 1.807) is 4.90 Å². The molecule has 1 unspecified atom stereocenters. The van der Waals surface area contributed by atoms with Crippen LogP contribution in [0.25, 0.3) is 11.1 Å². The normalized spacial score (nSPS) is 17.3. The van der Waals surface area contributed by atoms with Crippen LogP contribution in [0.5, 0.6) is 0 Å². The molecule has 1 aliphatic heterocycles. The van der Waals surface area contributed by atoms with Gasteiger partial charge < -0.3 is 15.0 Å². The lowest BCUT2D eigenvalue weighted by molar-refractivity contribution is -0.135. The van der Waals surface area contributed by atoms with Crippen molar-refractivity contribution in [1.82, 2.24) is 10.2 Å². The molecule has 0 aromatic heterocycles. The van der Waals surface area contributed by atoms with Gasteiger partial charge in [-0.15, -0.1) is 0 Å². The van der Waals surface area contributed by atoms with Gasteiger partial charge in [-0.05, 0) is 30.0 Å². The third kappa shape index (κ3) is 4.95. The predicted molar refractivity (Wildman–Crippen MR) is 105 cm³/mol. The first-order valence-corrected chi connectivity index (χ1v) is 9.27. The molecular weight excluding hydrogens is 340 g/mol. The number of hydrogen-bond donors (Lipinski definition) is 1. The highest BCUT2D eigenvalue weighted by Gasteiger charge is 2.27. The summed E-state index contributed by atoms with van der Waals surface area (Å²) in [5.41, 5.74) is 4.66. The lowest BCUT2D eigenvalue weighted by Gasteiger charge is -2.23. The third-order valence-corrected chi connectivity index (χ3v) is 4.90. The minimum absolute atomic E-state index is 0.00507. The third-order valence-electron chi connectivity index (χ3n) is 4.90. The van der Waals surface area contributed by atoms with Crippen LogP contribution in [0.1, 0.15) is 11.1 Å². The molecule has 0 spiro atoms. The van der Waals surface area contributed by atoms with Gasteiger partial charge in [0.2, 0.25) is 11.8 Å². The van der Waals surface area contributed by atoms with Crippen LogP contribution in [-0.4, -0.2) is 50.1 Å². The molecule has 0 bridgehead atoms. The van der Waals surface area contributed by atoms with Crippen molar-refractivity contribution in [3.63, 3.8) is 0 Å². The zero-order valence-corrected chi connectivity index (χ0v) is 15.9. The van der Waals surface area contributed by atoms with E-state index in [4.69, 9.17) is 4.74 Å². The summed E-state index contributed by atoms with van der Waals surface area (Å²) >= 11 is 0. The molecule has 1 atom stereocenters. The standard InChI is InChI=1S/C22H26N2O3/c1-16-4-3-5-19(12-16)18-8-6-17(7-9-18)13-20-14-24(21(25)15-27-2)11-10-23-22(20)26/h3-9,12,20H,10-11,13-15H2,1-2H3,(H,23,26). The topological polar surface area (TPSA) is 58.6 Å². The Hall–Kier alpha value is -2.66. The number of carbonyl (C=O) groups excluding carboxylic acids is 2. The molecule has 27 heavy (non-hydrogen) atoms. The number of rotatable bonds is 5. The van der Waals surface area contributed by atoms with Crippen LogP contribution >= 0.6 is 0 Å². The number of methoxy groups -OCH3 is 1. The van der Waals surface area contributed by atoms with Crippen molar-refractivity contribution in [2.75, 3.05) is 33.4 Å². The van der Waals surface area contributed by atoms with Gasteiger partial charge in [-0.1, -0.05) is 54.1 Å². The van der Waals surface area contributed by atoms with Gasteiger partial charge in [0, 0.05) is 26.7 Å². The number of aryl methyl sites for hydroxylation is 1. The van der Waals surface area contributed by atoms with Gasteiger partial charge in [-0.3, -0.25) is 9.59 Å². The van der Waals surface area contributed by atoms with E-state index in [1.807, 2.05) is 0 Å². The SMILES string of the molecule is COCC(=O)N1CCNC(=O)C(Cc2ccc(-c3cccc(C)c3)cc2)C1. The van der Waals surface area contributed by atoms with E-state index < -0.39 is 0 Å². The summed E-state index contributed by atoms with van der Waals surface area (Å²) in [6.07, 6.45) is 0.608. The van der Waals surface area contributed by atoms with Crippen LogP contribution in [0.4, 0.5) is 0 Å². The van der Waals surface area contributed by atoms with Gasteiger partial charge in [-0.2, -0.15) is 0 Å². The number of benzene rings is 2. The average Bonchev–Trinajstić information content (AvgIpc) is 2.84. The highest BCUT2D eigenvalue weighted by molar-refractivity contribution is 5.82. The van der Waals surface area contributed by atoms with Crippen molar-refractivity contribution in [1.29, 1.82) is 0 Å². The quantitative estimate of drug-likeness (QED) is 0.884. The van der Waals surface area contributed by atoms with E-state index in [9.17, 15) is 9.59 Å². The Morgan fingerprint density at radius 3 is 2.67 bits per heavy atom. The fraction of sp³-hybridized carbons (Fsp3) is 0.364. The molecule has 1 saturated heterocycles. The van der Waals surface area contributed by atoms with Gasteiger partial charge in [0.1, 0.15) is 6.61 Å². The van der Waals surface area contributed by atoms with Gasteiger partial charge in [0.05, 0.1) is 5.92 Å². The lowest BCUT2D eigenvalue weighted by Crippen LogP contribution is -2.39. The van der Waals surface area contributed by atoms with Gasteiger partial charge in [0.15, 0.2) is 0 Å². The summed E-state index contributed by atoms with van der Waals surface area (Å²) in [7, 11) is 1.51. The maximum Gasteiger partial charge on any atom is 0.248 e. The second-order valence-corrected chi connectivity index (χ2v) is 7.03. The summed E-state index contributed by atoms with van der Waals surface area (Å²) < 4.78 is 4.95. The van der Waals surface area contributed by atoms with Crippen LogP contribution in [0.3, 0.4) is 0 Å². The largest absolute Gasteiger partial charge is 0.375 e. The maximum absolute atomic E-state index is 12.4. The Balaban J connectivity index is 1.71. The highest BCUT2D eigenvalue weighted by Crippen LogP contribution is 2.22. The molecule has 2 amide bonds. The number of carbonyl (C=O) groups is 2. The van der Waals surface area contributed by atoms with Crippen LogP contribution in [0, 0.1) is 12.8 Å². The smallest absolute Gasteiger partial charge is 0.248 e. The number of amides is 2. The number of hydrogen-bond acceptors (Lipinski definition) is 3. The minimum atomic E-state index is -0.252. The van der Waals surface area contributed by atoms with Crippen molar-refractivity contribution in [2.45, 2.75) is 13.3 Å². The summed E-state index contributed by atoms with van der Waals surface area (Å²) in [6, 6.07) is 16.7. The summed E-state index contributed by atoms with van der Waals surface area (Å²) in [6.45, 7) is 3.56. The van der Waals surface area contributed by atoms with E-state index in [-0.39, 0.29) is 24.3 Å². The second-order valence-electron chi connectivity index (χ2n) is 7.03. The molecule has 142 valence electrons. The number of ether oxygens (including phenoxy) is 1. The van der Waals surface area contributed by atoms with Crippen molar-refractivity contribution in [3.8, 4) is 11.1 Å². The van der Waals surface area contributed by atoms with E-state index >= 15 is 0 Å². The molecule has 0 saturated carbocycles. The monoisotopic (exact) mass is 366 g/mol. The van der Waals surface area contributed by atoms with Crippen molar-refractivity contribution in [3.05, 3.63) is 59.7 Å². The Labute approximate surface area is 160 Å². The van der Waals surface area contributed by atoms with Crippen LogP contribution in [0.2, 0.25) is 0 Å². The molecule has 5 nitrogen and oxygen atoms in total. The highest BCUT2D eigenvalue weighted by atomic mass is 16.5. The first kappa shape index (κ1) is 19.1. The molecule has 1 aliphatic rings. The fourth-order valence-electron chi connectivity index (χ4n) is 3.44. The van der Waals surface area contributed by atoms with E-state index in [1.165, 1.54) is 18.2 Å². The lowest BCUT2D eigenvalue weighted by atomic mass is 9.95. The molecule has 3 rings (SSSR count). The zero-order valence-electron chi connectivity index (χ0n) is 15.9. The maximum atomic E-state index is 12.4. The number of nitrogens with one attached hydrogen (secondary N) is 1. The van der Waals surface area contributed by atoms with Gasteiger partial charge in [0.25, 0.3) is 0 Å². The molecule has 2 aromatic rings. The molecule has 1 heterocycles. The summed E-state index contributed by atoms with van der Waals surface area (Å²) in [5.74, 6) is -0.322. The second kappa shape index (κ2) is 8.82. The molecule has 0 aliphatic carbocycles. The molecule has 2 aromatic carbocycles. The molecule has 1 fully saturated rings. The molecule has 1 N–H and O–H groups in total. The minimum Gasteiger partial charge on any atom is -0.375 e. The Kier molecular flexibility index (Phi) is 6.24. The Bertz CT molecular complexity index is 801. The van der Waals surface area contributed by atoms with Crippen molar-refractivity contribution in [2.24, 2.45) is 5.92 Å². The van der Waals surface area contributed by atoms with Crippen molar-refractivity contribution >= 4 is 11.8 Å². The van der Waals surface area contributed by atoms with Crippen LogP contribution in [-0.2, 0) is 20.7 Å². The summed E-state index contributed by atoms with van der Waals surface area (Å²) in [4.78, 5) is 26.3. The van der Waals surface area contributed by atoms with Crippen LogP contribution in [0.15, 0.2) is 48.5 Å².